The third-order valence-corrected chi connectivity index (χ3v) is 6.85. The van der Waals surface area contributed by atoms with Gasteiger partial charge in [-0.2, -0.15) is 0 Å². The maximum Gasteiger partial charge on any atom is 0.260 e. The van der Waals surface area contributed by atoms with Crippen LogP contribution < -0.4 is 4.90 Å². The van der Waals surface area contributed by atoms with Crippen LogP contribution in [0.1, 0.15) is 27.2 Å². The molecule has 0 unspecified atom stereocenters. The molecule has 0 N–H and O–H groups in total. The largest absolute Gasteiger partial charge is 0.278 e. The van der Waals surface area contributed by atoms with Crippen LogP contribution in [0.3, 0.4) is 0 Å². The molecule has 0 aliphatic heterocycles. The fourth-order valence-corrected chi connectivity index (χ4v) is 5.15. The number of thiazole rings is 1. The topological polar surface area (TPSA) is 46.1 Å². The minimum atomic E-state index is -0.0926. The molecular weight excluding hydrogens is 494 g/mol. The van der Waals surface area contributed by atoms with Crippen molar-refractivity contribution < 1.29 is 4.79 Å². The summed E-state index contributed by atoms with van der Waals surface area (Å²) in [5, 5.41) is 0.659. The molecule has 162 valence electrons. The highest BCUT2D eigenvalue weighted by Gasteiger charge is 2.22. The average Bonchev–Trinajstić information content (AvgIpc) is 3.27. The Labute approximate surface area is 204 Å². The Morgan fingerprint density at radius 3 is 2.39 bits per heavy atom. The zero-order valence-electron chi connectivity index (χ0n) is 17.7. The number of pyridine rings is 1. The lowest BCUT2D eigenvalue weighted by atomic mass is 10.0. The molecule has 0 saturated carbocycles. The van der Waals surface area contributed by atoms with Crippen LogP contribution in [0.15, 0.2) is 102 Å². The van der Waals surface area contributed by atoms with Crippen LogP contribution in [0.25, 0.3) is 10.2 Å². The molecule has 0 atom stereocenters. The third kappa shape index (κ3) is 5.02. The second kappa shape index (κ2) is 9.65. The van der Waals surface area contributed by atoms with Gasteiger partial charge in [0.1, 0.15) is 0 Å². The molecule has 0 bridgehead atoms. The number of anilines is 1. The second-order valence-corrected chi connectivity index (χ2v) is 9.60. The summed E-state index contributed by atoms with van der Waals surface area (Å²) in [6.45, 7) is 0.354. The van der Waals surface area contributed by atoms with Crippen molar-refractivity contribution in [1.29, 1.82) is 0 Å². The number of carbonyl (C=O) groups is 1. The van der Waals surface area contributed by atoms with Crippen molar-refractivity contribution in [2.75, 3.05) is 4.90 Å². The van der Waals surface area contributed by atoms with Crippen LogP contribution >= 0.6 is 27.3 Å². The maximum atomic E-state index is 13.6. The van der Waals surface area contributed by atoms with E-state index in [4.69, 9.17) is 4.98 Å². The van der Waals surface area contributed by atoms with Crippen LogP contribution in [0.2, 0.25) is 0 Å². The highest BCUT2D eigenvalue weighted by molar-refractivity contribution is 9.10. The number of hydrogen-bond acceptors (Lipinski definition) is 4. The SMILES string of the molecule is O=C(c1ccc(Cc2ccccc2)cc1)N(Cc1ccccn1)c1nc2ccc(Br)cc2s1. The van der Waals surface area contributed by atoms with Crippen LogP contribution in [0, 0.1) is 0 Å². The van der Waals surface area contributed by atoms with Gasteiger partial charge in [-0.15, -0.1) is 0 Å². The molecule has 0 saturated heterocycles. The Kier molecular flexibility index (Phi) is 6.28. The number of carbonyl (C=O) groups excluding carboxylic acids is 1. The number of amides is 1. The van der Waals surface area contributed by atoms with E-state index >= 15 is 0 Å². The van der Waals surface area contributed by atoms with Crippen molar-refractivity contribution in [3.05, 3.63) is 124 Å². The van der Waals surface area contributed by atoms with Gasteiger partial charge in [-0.1, -0.05) is 75.8 Å². The van der Waals surface area contributed by atoms with Crippen molar-refractivity contribution in [1.82, 2.24) is 9.97 Å². The first kappa shape index (κ1) is 21.5. The lowest BCUT2D eigenvalue weighted by Gasteiger charge is -2.20. The Morgan fingerprint density at radius 2 is 1.64 bits per heavy atom. The van der Waals surface area contributed by atoms with E-state index in [1.807, 2.05) is 78.9 Å². The van der Waals surface area contributed by atoms with Crippen LogP contribution in [0.4, 0.5) is 5.13 Å². The molecule has 2 aromatic heterocycles. The van der Waals surface area contributed by atoms with E-state index in [9.17, 15) is 4.79 Å². The monoisotopic (exact) mass is 513 g/mol. The van der Waals surface area contributed by atoms with Crippen molar-refractivity contribution in [3.8, 4) is 0 Å². The van der Waals surface area contributed by atoms with E-state index in [-0.39, 0.29) is 5.91 Å². The summed E-state index contributed by atoms with van der Waals surface area (Å²) in [7, 11) is 0. The first-order chi connectivity index (χ1) is 16.2. The van der Waals surface area contributed by atoms with Gasteiger partial charge in [-0.05, 0) is 60.0 Å². The van der Waals surface area contributed by atoms with Crippen LogP contribution in [-0.4, -0.2) is 15.9 Å². The van der Waals surface area contributed by atoms with Gasteiger partial charge in [-0.25, -0.2) is 4.98 Å². The standard InChI is InChI=1S/C27H20BrN3OS/c28-22-13-14-24-25(17-22)33-27(30-24)31(18-23-8-4-5-15-29-23)26(32)21-11-9-20(10-12-21)16-19-6-2-1-3-7-19/h1-15,17H,16,18H2. The van der Waals surface area contributed by atoms with Crippen LogP contribution in [-0.2, 0) is 13.0 Å². The van der Waals surface area contributed by atoms with Gasteiger partial charge in [0, 0.05) is 16.2 Å². The first-order valence-electron chi connectivity index (χ1n) is 10.6. The van der Waals surface area contributed by atoms with E-state index in [1.165, 1.54) is 22.5 Å². The number of halogens is 1. The predicted octanol–water partition coefficient (Wildman–Crippen LogP) is 6.89. The van der Waals surface area contributed by atoms with E-state index in [2.05, 4.69) is 33.0 Å². The Hall–Kier alpha value is -3.35. The van der Waals surface area contributed by atoms with Gasteiger partial charge in [0.05, 0.1) is 22.5 Å². The zero-order chi connectivity index (χ0) is 22.6. The Bertz CT molecular complexity index is 1390. The summed E-state index contributed by atoms with van der Waals surface area (Å²) in [6, 6.07) is 29.8. The Morgan fingerprint density at radius 1 is 0.879 bits per heavy atom. The number of hydrogen-bond donors (Lipinski definition) is 0. The smallest absolute Gasteiger partial charge is 0.260 e. The third-order valence-electron chi connectivity index (χ3n) is 5.31. The number of benzene rings is 3. The predicted molar refractivity (Wildman–Crippen MR) is 138 cm³/mol. The molecule has 0 fully saturated rings. The minimum Gasteiger partial charge on any atom is -0.278 e. The van der Waals surface area contributed by atoms with Gasteiger partial charge in [0.2, 0.25) is 0 Å². The van der Waals surface area contributed by atoms with E-state index in [0.29, 0.717) is 17.2 Å². The lowest BCUT2D eigenvalue weighted by Crippen LogP contribution is -2.30. The van der Waals surface area contributed by atoms with Gasteiger partial charge in [-0.3, -0.25) is 14.7 Å². The molecule has 6 heteroatoms. The molecule has 5 rings (SSSR count). The summed E-state index contributed by atoms with van der Waals surface area (Å²) in [6.07, 6.45) is 2.57. The summed E-state index contributed by atoms with van der Waals surface area (Å²) in [5.74, 6) is -0.0926. The zero-order valence-corrected chi connectivity index (χ0v) is 20.1. The number of fused-ring (bicyclic) bond motifs is 1. The second-order valence-electron chi connectivity index (χ2n) is 7.68. The lowest BCUT2D eigenvalue weighted by molar-refractivity contribution is 0.0985. The molecule has 0 aliphatic carbocycles. The summed E-state index contributed by atoms with van der Waals surface area (Å²) < 4.78 is 2.01. The normalized spacial score (nSPS) is 10.9. The quantitative estimate of drug-likeness (QED) is 0.248. The van der Waals surface area contributed by atoms with Crippen molar-refractivity contribution >= 4 is 48.5 Å². The molecule has 5 aromatic rings. The molecule has 0 spiro atoms. The van der Waals surface area contributed by atoms with Crippen molar-refractivity contribution in [2.24, 2.45) is 0 Å². The summed E-state index contributed by atoms with van der Waals surface area (Å²) in [4.78, 5) is 24.5. The Balaban J connectivity index is 1.45. The van der Waals surface area contributed by atoms with E-state index in [1.54, 1.807) is 11.1 Å². The fourth-order valence-electron chi connectivity index (χ4n) is 3.63. The molecule has 4 nitrogen and oxygen atoms in total. The number of aromatic nitrogens is 2. The summed E-state index contributed by atoms with van der Waals surface area (Å²) in [5.41, 5.74) is 4.72. The molecule has 33 heavy (non-hydrogen) atoms. The molecular formula is C27H20BrN3OS. The van der Waals surface area contributed by atoms with Gasteiger partial charge in [0.15, 0.2) is 5.13 Å². The van der Waals surface area contributed by atoms with Gasteiger partial charge < -0.3 is 0 Å². The van der Waals surface area contributed by atoms with E-state index in [0.717, 1.165) is 26.8 Å². The van der Waals surface area contributed by atoms with E-state index < -0.39 is 0 Å². The summed E-state index contributed by atoms with van der Waals surface area (Å²) >= 11 is 5.02. The maximum absolute atomic E-state index is 13.6. The fraction of sp³-hybridized carbons (Fsp3) is 0.0741. The molecule has 3 aromatic carbocycles. The minimum absolute atomic E-state index is 0.0926. The highest BCUT2D eigenvalue weighted by Crippen LogP contribution is 2.32. The number of rotatable bonds is 6. The molecule has 0 aliphatic rings. The molecule has 1 amide bonds. The van der Waals surface area contributed by atoms with Gasteiger partial charge in [0.25, 0.3) is 5.91 Å². The van der Waals surface area contributed by atoms with Crippen LogP contribution in [0.5, 0.6) is 0 Å². The average molecular weight is 514 g/mol. The first-order valence-corrected chi connectivity index (χ1v) is 12.2. The molecule has 2 heterocycles. The van der Waals surface area contributed by atoms with Gasteiger partial charge >= 0.3 is 0 Å². The molecule has 0 radical (unpaired) electrons. The van der Waals surface area contributed by atoms with Crippen molar-refractivity contribution in [2.45, 2.75) is 13.0 Å². The number of nitrogens with zero attached hydrogens (tertiary/aromatic N) is 3. The van der Waals surface area contributed by atoms with Crippen molar-refractivity contribution in [3.63, 3.8) is 0 Å². The highest BCUT2D eigenvalue weighted by atomic mass is 79.9.